The monoisotopic (exact) mass is 338 g/mol. The van der Waals surface area contributed by atoms with Gasteiger partial charge in [-0.3, -0.25) is 5.32 Å². The van der Waals surface area contributed by atoms with Crippen LogP contribution in [-0.2, 0) is 0 Å². The first-order valence-electron chi connectivity index (χ1n) is 7.65. The number of aromatic nitrogens is 1. The minimum Gasteiger partial charge on any atom is -0.497 e. The average Bonchev–Trinajstić information content (AvgIpc) is 3.02. The number of hydrogen-bond donors (Lipinski definition) is 3. The maximum absolute atomic E-state index is 11.9. The Morgan fingerprint density at radius 1 is 0.960 bits per heavy atom. The normalized spacial score (nSPS) is 10.2. The molecule has 3 aromatic rings. The summed E-state index contributed by atoms with van der Waals surface area (Å²) in [4.78, 5) is 11.9. The Morgan fingerprint density at radius 2 is 1.56 bits per heavy atom. The lowest BCUT2D eigenvalue weighted by Crippen LogP contribution is -2.19. The number of aryl methyl sites for hydroxylation is 1. The minimum atomic E-state index is -0.385. The maximum Gasteiger partial charge on any atom is 0.324 e. The second-order valence-corrected chi connectivity index (χ2v) is 5.33. The van der Waals surface area contributed by atoms with Crippen LogP contribution in [0.4, 0.5) is 27.7 Å². The minimum absolute atomic E-state index is 0.368. The molecule has 3 rings (SSSR count). The lowest BCUT2D eigenvalue weighted by atomic mass is 10.2. The number of ether oxygens (including phenoxy) is 1. The van der Waals surface area contributed by atoms with Gasteiger partial charge in [0.25, 0.3) is 0 Å². The zero-order chi connectivity index (χ0) is 17.6. The van der Waals surface area contributed by atoms with Crippen molar-refractivity contribution in [1.29, 1.82) is 0 Å². The summed E-state index contributed by atoms with van der Waals surface area (Å²) in [5, 5.41) is 12.3. The van der Waals surface area contributed by atoms with E-state index in [1.54, 1.807) is 32.2 Å². The van der Waals surface area contributed by atoms with E-state index in [1.807, 2.05) is 36.4 Å². The molecule has 0 fully saturated rings. The van der Waals surface area contributed by atoms with Crippen LogP contribution in [0.3, 0.4) is 0 Å². The number of benzene rings is 2. The van der Waals surface area contributed by atoms with E-state index in [4.69, 9.17) is 9.26 Å². The number of rotatable bonds is 5. The maximum atomic E-state index is 11.9. The van der Waals surface area contributed by atoms with E-state index in [0.717, 1.165) is 17.1 Å². The predicted molar refractivity (Wildman–Crippen MR) is 96.6 cm³/mol. The molecule has 2 aromatic carbocycles. The SMILES string of the molecule is COc1ccc(Nc2ccc(NC(=O)Nc3cc(C)on3)cc2)cc1. The van der Waals surface area contributed by atoms with Gasteiger partial charge in [-0.1, -0.05) is 5.16 Å². The molecule has 128 valence electrons. The van der Waals surface area contributed by atoms with Gasteiger partial charge in [0.2, 0.25) is 0 Å². The number of anilines is 4. The lowest BCUT2D eigenvalue weighted by Gasteiger charge is -2.09. The van der Waals surface area contributed by atoms with Crippen LogP contribution in [0.5, 0.6) is 5.75 Å². The molecule has 0 aliphatic rings. The van der Waals surface area contributed by atoms with Crippen LogP contribution >= 0.6 is 0 Å². The number of carbonyl (C=O) groups is 1. The van der Waals surface area contributed by atoms with Gasteiger partial charge >= 0.3 is 6.03 Å². The van der Waals surface area contributed by atoms with Crippen LogP contribution in [0, 0.1) is 6.92 Å². The fourth-order valence-electron chi connectivity index (χ4n) is 2.18. The zero-order valence-electron chi connectivity index (χ0n) is 13.9. The van der Waals surface area contributed by atoms with Crippen LogP contribution in [-0.4, -0.2) is 18.3 Å². The van der Waals surface area contributed by atoms with Gasteiger partial charge in [-0.05, 0) is 55.5 Å². The summed E-state index contributed by atoms with van der Waals surface area (Å²) < 4.78 is 10.0. The second kappa shape index (κ2) is 7.39. The Morgan fingerprint density at radius 3 is 2.12 bits per heavy atom. The number of nitrogens with one attached hydrogen (secondary N) is 3. The Labute approximate surface area is 145 Å². The van der Waals surface area contributed by atoms with Crippen molar-refractivity contribution in [3.8, 4) is 5.75 Å². The summed E-state index contributed by atoms with van der Waals surface area (Å²) in [6.07, 6.45) is 0. The number of urea groups is 1. The van der Waals surface area contributed by atoms with E-state index in [2.05, 4.69) is 21.1 Å². The third kappa shape index (κ3) is 4.51. The Kier molecular flexibility index (Phi) is 4.84. The summed E-state index contributed by atoms with van der Waals surface area (Å²) >= 11 is 0. The number of methoxy groups -OCH3 is 1. The molecule has 0 aliphatic heterocycles. The molecule has 0 bridgehead atoms. The molecular weight excluding hydrogens is 320 g/mol. The molecule has 0 saturated heterocycles. The highest BCUT2D eigenvalue weighted by Crippen LogP contribution is 2.21. The summed E-state index contributed by atoms with van der Waals surface area (Å²) in [5.74, 6) is 1.80. The standard InChI is InChI=1S/C18H18N4O3/c1-12-11-17(22-25-12)21-18(23)20-15-5-3-13(4-6-15)19-14-7-9-16(24-2)10-8-14/h3-11,19H,1-2H3,(H2,20,21,22,23). The number of carbonyl (C=O) groups excluding carboxylic acids is 1. The van der Waals surface area contributed by atoms with Crippen LogP contribution in [0.25, 0.3) is 0 Å². The van der Waals surface area contributed by atoms with E-state index in [0.29, 0.717) is 17.3 Å². The van der Waals surface area contributed by atoms with Crippen molar-refractivity contribution in [2.45, 2.75) is 6.92 Å². The Hall–Kier alpha value is -3.48. The van der Waals surface area contributed by atoms with E-state index < -0.39 is 0 Å². The summed E-state index contributed by atoms with van der Waals surface area (Å²) in [7, 11) is 1.63. The van der Waals surface area contributed by atoms with Gasteiger partial charge in [0.15, 0.2) is 5.82 Å². The molecule has 7 heteroatoms. The molecule has 0 atom stereocenters. The zero-order valence-corrected chi connectivity index (χ0v) is 13.9. The van der Waals surface area contributed by atoms with Crippen molar-refractivity contribution in [3.05, 3.63) is 60.4 Å². The van der Waals surface area contributed by atoms with Crippen LogP contribution in [0.1, 0.15) is 5.76 Å². The number of hydrogen-bond acceptors (Lipinski definition) is 5. The highest BCUT2D eigenvalue weighted by atomic mass is 16.5. The van der Waals surface area contributed by atoms with Crippen LogP contribution in [0.15, 0.2) is 59.1 Å². The van der Waals surface area contributed by atoms with E-state index in [-0.39, 0.29) is 6.03 Å². The Bertz CT molecular complexity index is 842. The fourth-order valence-corrected chi connectivity index (χ4v) is 2.18. The molecular formula is C18H18N4O3. The van der Waals surface area contributed by atoms with Gasteiger partial charge in [0.1, 0.15) is 11.5 Å². The van der Waals surface area contributed by atoms with Gasteiger partial charge in [0, 0.05) is 23.1 Å². The summed E-state index contributed by atoms with van der Waals surface area (Å²) in [5.41, 5.74) is 2.52. The van der Waals surface area contributed by atoms with Crippen molar-refractivity contribution in [2.75, 3.05) is 23.1 Å². The first kappa shape index (κ1) is 16.4. The van der Waals surface area contributed by atoms with E-state index in [1.165, 1.54) is 0 Å². The topological polar surface area (TPSA) is 88.4 Å². The number of nitrogens with zero attached hydrogens (tertiary/aromatic N) is 1. The smallest absolute Gasteiger partial charge is 0.324 e. The quantitative estimate of drug-likeness (QED) is 0.642. The average molecular weight is 338 g/mol. The van der Waals surface area contributed by atoms with Crippen molar-refractivity contribution in [3.63, 3.8) is 0 Å². The van der Waals surface area contributed by atoms with Gasteiger partial charge in [0.05, 0.1) is 7.11 Å². The van der Waals surface area contributed by atoms with Crippen LogP contribution in [0.2, 0.25) is 0 Å². The Balaban J connectivity index is 1.56. The highest BCUT2D eigenvalue weighted by Gasteiger charge is 2.06. The van der Waals surface area contributed by atoms with Crippen molar-refractivity contribution in [2.24, 2.45) is 0 Å². The first-order chi connectivity index (χ1) is 12.1. The highest BCUT2D eigenvalue weighted by molar-refractivity contribution is 5.99. The van der Waals surface area contributed by atoms with Crippen LogP contribution < -0.4 is 20.7 Å². The molecule has 7 nitrogen and oxygen atoms in total. The molecule has 25 heavy (non-hydrogen) atoms. The largest absolute Gasteiger partial charge is 0.497 e. The predicted octanol–water partition coefficient (Wildman–Crippen LogP) is 4.38. The van der Waals surface area contributed by atoms with Crippen molar-refractivity contribution < 1.29 is 14.1 Å². The lowest BCUT2D eigenvalue weighted by molar-refractivity contribution is 0.262. The molecule has 1 aromatic heterocycles. The van der Waals surface area contributed by atoms with Gasteiger partial charge < -0.3 is 19.9 Å². The number of amides is 2. The second-order valence-electron chi connectivity index (χ2n) is 5.33. The summed E-state index contributed by atoms with van der Waals surface area (Å²) in [6, 6.07) is 16.2. The molecule has 0 aliphatic carbocycles. The third-order valence-electron chi connectivity index (χ3n) is 3.39. The third-order valence-corrected chi connectivity index (χ3v) is 3.39. The molecule has 0 saturated carbocycles. The molecule has 1 heterocycles. The molecule has 2 amide bonds. The van der Waals surface area contributed by atoms with Gasteiger partial charge in [-0.25, -0.2) is 4.79 Å². The molecule has 0 unspecified atom stereocenters. The van der Waals surface area contributed by atoms with E-state index >= 15 is 0 Å². The molecule has 3 N–H and O–H groups in total. The van der Waals surface area contributed by atoms with E-state index in [9.17, 15) is 4.79 Å². The molecule has 0 spiro atoms. The van der Waals surface area contributed by atoms with Crippen molar-refractivity contribution >= 4 is 28.9 Å². The van der Waals surface area contributed by atoms with Gasteiger partial charge in [-0.15, -0.1) is 0 Å². The fraction of sp³-hybridized carbons (Fsp3) is 0.111. The van der Waals surface area contributed by atoms with Crippen molar-refractivity contribution in [1.82, 2.24) is 5.16 Å². The first-order valence-corrected chi connectivity index (χ1v) is 7.65. The molecule has 0 radical (unpaired) electrons. The van der Waals surface area contributed by atoms with Gasteiger partial charge in [-0.2, -0.15) is 0 Å². The summed E-state index contributed by atoms with van der Waals surface area (Å²) in [6.45, 7) is 1.75.